The lowest BCUT2D eigenvalue weighted by Crippen LogP contribution is -2.63. The Kier molecular flexibility index (Phi) is 3.79. The normalized spacial score (nSPS) is 40.7. The van der Waals surface area contributed by atoms with Crippen molar-refractivity contribution in [2.75, 3.05) is 6.61 Å². The van der Waals surface area contributed by atoms with Crippen molar-refractivity contribution in [3.8, 4) is 0 Å². The zero-order chi connectivity index (χ0) is 12.4. The Morgan fingerprint density at radius 1 is 1.47 bits per heavy atom. The Bertz CT molecular complexity index is 307. The van der Waals surface area contributed by atoms with Crippen LogP contribution in [0, 0.1) is 11.8 Å². The fourth-order valence-electron chi connectivity index (χ4n) is 3.02. The van der Waals surface area contributed by atoms with Crippen molar-refractivity contribution >= 4 is 12.3 Å². The third kappa shape index (κ3) is 2.21. The number of aliphatic hydroxyl groups excluding tert-OH is 1. The maximum Gasteiger partial charge on any atom is 0.313 e. The summed E-state index contributed by atoms with van der Waals surface area (Å²) in [5, 5.41) is 13.4. The molecule has 2 aliphatic heterocycles. The van der Waals surface area contributed by atoms with E-state index in [2.05, 4.69) is 5.32 Å². The summed E-state index contributed by atoms with van der Waals surface area (Å²) in [6.07, 6.45) is 2.56. The maximum atomic E-state index is 11.8. The second-order valence-electron chi connectivity index (χ2n) is 4.79. The lowest BCUT2D eigenvalue weighted by molar-refractivity contribution is -0.160. The molecule has 0 spiro atoms. The van der Waals surface area contributed by atoms with Gasteiger partial charge in [-0.15, -0.1) is 0 Å². The van der Waals surface area contributed by atoms with E-state index < -0.39 is 23.9 Å². The van der Waals surface area contributed by atoms with E-state index in [4.69, 9.17) is 4.74 Å². The Morgan fingerprint density at radius 3 is 2.82 bits per heavy atom. The molecule has 2 rings (SSSR count). The molecule has 2 saturated heterocycles. The number of esters is 1. The molecule has 0 aromatic rings. The zero-order valence-electron chi connectivity index (χ0n) is 9.96. The number of hydrogen-bond donors (Lipinski definition) is 2. The van der Waals surface area contributed by atoms with Gasteiger partial charge in [0, 0.05) is 12.1 Å². The standard InChI is InChI=1S/C12H19NO4/c1-2-17-12(16)10-9-5-3-4-8(13-9)7(6-14)11(10)15/h6-11,13,15H,2-5H2,1H3/t7?,8?,9?,10-,11?/m0/s1. The average molecular weight is 241 g/mol. The van der Waals surface area contributed by atoms with Crippen LogP contribution in [0.4, 0.5) is 0 Å². The Labute approximate surface area is 101 Å². The molecule has 5 heteroatoms. The minimum atomic E-state index is -0.914. The molecule has 96 valence electrons. The van der Waals surface area contributed by atoms with Gasteiger partial charge in [0.2, 0.25) is 0 Å². The Morgan fingerprint density at radius 2 is 2.18 bits per heavy atom. The van der Waals surface area contributed by atoms with Gasteiger partial charge in [0.25, 0.3) is 0 Å². The first-order chi connectivity index (χ1) is 8.19. The van der Waals surface area contributed by atoms with E-state index in [9.17, 15) is 14.7 Å². The van der Waals surface area contributed by atoms with Gasteiger partial charge >= 0.3 is 5.97 Å². The van der Waals surface area contributed by atoms with Crippen LogP contribution < -0.4 is 5.32 Å². The number of aldehydes is 1. The summed E-state index contributed by atoms with van der Waals surface area (Å²) < 4.78 is 4.98. The number of piperidine rings is 2. The van der Waals surface area contributed by atoms with Crippen molar-refractivity contribution in [1.82, 2.24) is 5.32 Å². The summed E-state index contributed by atoms with van der Waals surface area (Å²) in [5.41, 5.74) is 0. The first kappa shape index (κ1) is 12.5. The number of hydrogen-bond acceptors (Lipinski definition) is 5. The van der Waals surface area contributed by atoms with Crippen LogP contribution in [0.1, 0.15) is 26.2 Å². The molecule has 5 atom stereocenters. The van der Waals surface area contributed by atoms with Gasteiger partial charge in [0.05, 0.1) is 24.5 Å². The molecule has 0 amide bonds. The van der Waals surface area contributed by atoms with E-state index in [1.807, 2.05) is 0 Å². The molecule has 2 N–H and O–H groups in total. The predicted octanol–water partition coefficient (Wildman–Crippen LogP) is -0.134. The summed E-state index contributed by atoms with van der Waals surface area (Å²) in [7, 11) is 0. The number of ether oxygens (including phenoxy) is 1. The highest BCUT2D eigenvalue weighted by atomic mass is 16.5. The SMILES string of the molecule is CCOC(=O)[C@H]1C2CCCC(N2)C(C=O)C1O. The van der Waals surface area contributed by atoms with Gasteiger partial charge in [-0.1, -0.05) is 6.42 Å². The van der Waals surface area contributed by atoms with Crippen LogP contribution in [0.25, 0.3) is 0 Å². The lowest BCUT2D eigenvalue weighted by atomic mass is 9.72. The highest BCUT2D eigenvalue weighted by Gasteiger charge is 2.49. The number of fused-ring (bicyclic) bond motifs is 2. The average Bonchev–Trinajstić information content (AvgIpc) is 2.30. The van der Waals surface area contributed by atoms with E-state index in [1.54, 1.807) is 6.92 Å². The molecular formula is C12H19NO4. The molecule has 2 heterocycles. The molecule has 0 aromatic carbocycles. The molecule has 0 aliphatic carbocycles. The number of carbonyl (C=O) groups excluding carboxylic acids is 2. The van der Waals surface area contributed by atoms with Gasteiger partial charge in [-0.25, -0.2) is 0 Å². The highest BCUT2D eigenvalue weighted by Crippen LogP contribution is 2.34. The van der Waals surface area contributed by atoms with Gasteiger partial charge < -0.3 is 20.0 Å². The predicted molar refractivity (Wildman–Crippen MR) is 60.2 cm³/mol. The van der Waals surface area contributed by atoms with Crippen molar-refractivity contribution in [3.63, 3.8) is 0 Å². The number of aliphatic hydroxyl groups is 1. The minimum Gasteiger partial charge on any atom is -0.466 e. The Balaban J connectivity index is 2.18. The van der Waals surface area contributed by atoms with Crippen LogP contribution in [-0.4, -0.2) is 42.2 Å². The molecule has 17 heavy (non-hydrogen) atoms. The molecular weight excluding hydrogens is 222 g/mol. The minimum absolute atomic E-state index is 0.00641. The molecule has 4 unspecified atom stereocenters. The first-order valence-corrected chi connectivity index (χ1v) is 6.25. The van der Waals surface area contributed by atoms with Crippen LogP contribution in [0.3, 0.4) is 0 Å². The van der Waals surface area contributed by atoms with Crippen molar-refractivity contribution in [3.05, 3.63) is 0 Å². The second-order valence-corrected chi connectivity index (χ2v) is 4.79. The molecule has 5 nitrogen and oxygen atoms in total. The first-order valence-electron chi connectivity index (χ1n) is 6.25. The lowest BCUT2D eigenvalue weighted by Gasteiger charge is -2.46. The second kappa shape index (κ2) is 5.14. The van der Waals surface area contributed by atoms with Gasteiger partial charge in [-0.2, -0.15) is 0 Å². The van der Waals surface area contributed by atoms with Gasteiger partial charge in [-0.05, 0) is 19.8 Å². The van der Waals surface area contributed by atoms with Crippen molar-refractivity contribution in [2.24, 2.45) is 11.8 Å². The summed E-state index contributed by atoms with van der Waals surface area (Å²) >= 11 is 0. The van der Waals surface area contributed by atoms with E-state index >= 15 is 0 Å². The fraction of sp³-hybridized carbons (Fsp3) is 0.833. The summed E-state index contributed by atoms with van der Waals surface area (Å²) in [4.78, 5) is 22.9. The largest absolute Gasteiger partial charge is 0.466 e. The fourth-order valence-corrected chi connectivity index (χ4v) is 3.02. The van der Waals surface area contributed by atoms with E-state index in [0.717, 1.165) is 25.5 Å². The van der Waals surface area contributed by atoms with Crippen LogP contribution >= 0.6 is 0 Å². The number of rotatable bonds is 3. The van der Waals surface area contributed by atoms with Gasteiger partial charge in [-0.3, -0.25) is 4.79 Å². The van der Waals surface area contributed by atoms with Crippen molar-refractivity contribution in [1.29, 1.82) is 0 Å². The molecule has 2 aliphatic rings. The number of nitrogens with one attached hydrogen (secondary N) is 1. The van der Waals surface area contributed by atoms with E-state index in [0.29, 0.717) is 6.61 Å². The van der Waals surface area contributed by atoms with Gasteiger partial charge in [0.1, 0.15) is 6.29 Å². The molecule has 2 bridgehead atoms. The topological polar surface area (TPSA) is 75.6 Å². The van der Waals surface area contributed by atoms with Gasteiger partial charge in [0.15, 0.2) is 0 Å². The summed E-state index contributed by atoms with van der Waals surface area (Å²) in [6, 6.07) is -0.0501. The monoisotopic (exact) mass is 241 g/mol. The summed E-state index contributed by atoms with van der Waals surface area (Å²) in [6.45, 7) is 2.03. The molecule has 0 saturated carbocycles. The van der Waals surface area contributed by atoms with Crippen molar-refractivity contribution in [2.45, 2.75) is 44.4 Å². The molecule has 0 radical (unpaired) electrons. The van der Waals surface area contributed by atoms with Crippen LogP contribution in [0.2, 0.25) is 0 Å². The Hall–Kier alpha value is -0.940. The number of carbonyl (C=O) groups is 2. The summed E-state index contributed by atoms with van der Waals surface area (Å²) in [5.74, 6) is -1.51. The van der Waals surface area contributed by atoms with Crippen LogP contribution in [0.5, 0.6) is 0 Å². The van der Waals surface area contributed by atoms with Crippen molar-refractivity contribution < 1.29 is 19.4 Å². The molecule has 0 aromatic heterocycles. The quantitative estimate of drug-likeness (QED) is 0.531. The third-order valence-electron chi connectivity index (χ3n) is 3.83. The van der Waals surface area contributed by atoms with Crippen LogP contribution in [0.15, 0.2) is 0 Å². The highest BCUT2D eigenvalue weighted by molar-refractivity contribution is 5.75. The zero-order valence-corrected chi connectivity index (χ0v) is 9.96. The molecule has 2 fully saturated rings. The van der Waals surface area contributed by atoms with E-state index in [-0.39, 0.29) is 12.1 Å². The maximum absolute atomic E-state index is 11.8. The van der Waals surface area contributed by atoms with Crippen LogP contribution in [-0.2, 0) is 14.3 Å². The smallest absolute Gasteiger partial charge is 0.313 e. The third-order valence-corrected chi connectivity index (χ3v) is 3.83. The van der Waals surface area contributed by atoms with E-state index in [1.165, 1.54) is 0 Å².